The highest BCUT2D eigenvalue weighted by atomic mass is 35.5. The van der Waals surface area contributed by atoms with E-state index in [1.165, 1.54) is 5.01 Å². The van der Waals surface area contributed by atoms with E-state index >= 15 is 0 Å². The van der Waals surface area contributed by atoms with E-state index in [4.69, 9.17) is 23.2 Å². The van der Waals surface area contributed by atoms with Crippen molar-refractivity contribution in [1.29, 1.82) is 0 Å². The highest BCUT2D eigenvalue weighted by Gasteiger charge is 2.29. The van der Waals surface area contributed by atoms with Gasteiger partial charge >= 0.3 is 5.97 Å². The molecule has 1 amide bonds. The van der Waals surface area contributed by atoms with Crippen LogP contribution in [0.3, 0.4) is 0 Å². The molecule has 3 aromatic carbocycles. The summed E-state index contributed by atoms with van der Waals surface area (Å²) in [5, 5.41) is 14.3. The SMILES string of the molecule is O=C(O)c1[nH]c2cc(Cl)cc(Cl)c2c1C=C1CNN(c2cccc3ccccc23)C1=O. The van der Waals surface area contributed by atoms with Crippen LogP contribution in [-0.2, 0) is 4.79 Å². The van der Waals surface area contributed by atoms with E-state index in [1.54, 1.807) is 18.2 Å². The number of hydrogen-bond acceptors (Lipinski definition) is 3. The molecular weight excluding hydrogens is 437 g/mol. The van der Waals surface area contributed by atoms with E-state index < -0.39 is 5.97 Å². The average molecular weight is 452 g/mol. The first-order valence-electron chi connectivity index (χ1n) is 9.44. The molecule has 31 heavy (non-hydrogen) atoms. The lowest BCUT2D eigenvalue weighted by Gasteiger charge is -2.17. The zero-order valence-corrected chi connectivity index (χ0v) is 17.5. The standard InChI is InChI=1S/C23H15Cl2N3O3/c24-14-9-17(25)20-16(21(23(30)31)27-18(20)10-14)8-13-11-26-28(22(13)29)19-7-3-5-12-4-1-2-6-15(12)19/h1-10,26-27H,11H2,(H,30,31). The van der Waals surface area contributed by atoms with Crippen molar-refractivity contribution >= 4 is 68.5 Å². The number of hydrogen-bond donors (Lipinski definition) is 3. The van der Waals surface area contributed by atoms with Crippen LogP contribution in [0.15, 0.2) is 60.2 Å². The van der Waals surface area contributed by atoms with Crippen molar-refractivity contribution in [3.05, 3.63) is 81.5 Å². The number of amides is 1. The van der Waals surface area contributed by atoms with Gasteiger partial charge in [-0.25, -0.2) is 15.2 Å². The number of nitrogens with one attached hydrogen (secondary N) is 2. The monoisotopic (exact) mass is 451 g/mol. The Morgan fingerprint density at radius 2 is 1.87 bits per heavy atom. The predicted octanol–water partition coefficient (Wildman–Crippen LogP) is 5.26. The van der Waals surface area contributed by atoms with Gasteiger partial charge in [0.15, 0.2) is 0 Å². The number of hydrazine groups is 1. The number of aromatic nitrogens is 1. The third-order valence-electron chi connectivity index (χ3n) is 5.30. The van der Waals surface area contributed by atoms with Crippen molar-refractivity contribution in [1.82, 2.24) is 10.4 Å². The normalized spacial score (nSPS) is 15.5. The number of nitrogens with zero attached hydrogens (tertiary/aromatic N) is 1. The molecule has 2 heterocycles. The minimum atomic E-state index is -1.15. The molecule has 1 aromatic heterocycles. The van der Waals surface area contributed by atoms with Gasteiger partial charge in [-0.1, -0.05) is 59.6 Å². The van der Waals surface area contributed by atoms with Gasteiger partial charge in [0.2, 0.25) is 0 Å². The number of H-pyrrole nitrogens is 1. The number of halogens is 2. The van der Waals surface area contributed by atoms with Gasteiger partial charge in [0.25, 0.3) is 5.91 Å². The number of carbonyl (C=O) groups excluding carboxylic acids is 1. The van der Waals surface area contributed by atoms with Crippen molar-refractivity contribution in [2.45, 2.75) is 0 Å². The maximum atomic E-state index is 13.2. The van der Waals surface area contributed by atoms with Crippen LogP contribution in [-0.4, -0.2) is 28.5 Å². The molecule has 0 saturated carbocycles. The highest BCUT2D eigenvalue weighted by molar-refractivity contribution is 6.39. The molecule has 1 aliphatic rings. The molecular formula is C23H15Cl2N3O3. The molecule has 0 aliphatic carbocycles. The van der Waals surface area contributed by atoms with Crippen molar-refractivity contribution in [3.63, 3.8) is 0 Å². The summed E-state index contributed by atoms with van der Waals surface area (Å²) in [5.74, 6) is -1.41. The fraction of sp³-hybridized carbons (Fsp3) is 0.0435. The Morgan fingerprint density at radius 1 is 1.10 bits per heavy atom. The fourth-order valence-corrected chi connectivity index (χ4v) is 4.52. The van der Waals surface area contributed by atoms with Gasteiger partial charge in [0.05, 0.1) is 10.7 Å². The minimum absolute atomic E-state index is 0.0527. The van der Waals surface area contributed by atoms with E-state index in [0.29, 0.717) is 32.1 Å². The van der Waals surface area contributed by atoms with Crippen molar-refractivity contribution in [3.8, 4) is 0 Å². The predicted molar refractivity (Wildman–Crippen MR) is 123 cm³/mol. The summed E-state index contributed by atoms with van der Waals surface area (Å²) in [6.07, 6.45) is 1.57. The van der Waals surface area contributed by atoms with Crippen molar-refractivity contribution < 1.29 is 14.7 Å². The van der Waals surface area contributed by atoms with Crippen LogP contribution in [0.2, 0.25) is 10.0 Å². The quantitative estimate of drug-likeness (QED) is 0.370. The molecule has 0 radical (unpaired) electrons. The van der Waals surface area contributed by atoms with Crippen LogP contribution in [0.25, 0.3) is 27.8 Å². The number of anilines is 1. The Morgan fingerprint density at radius 3 is 2.68 bits per heavy atom. The zero-order chi connectivity index (χ0) is 21.7. The van der Waals surface area contributed by atoms with Crippen molar-refractivity contribution in [2.75, 3.05) is 11.6 Å². The van der Waals surface area contributed by atoms with Gasteiger partial charge < -0.3 is 10.1 Å². The summed E-state index contributed by atoms with van der Waals surface area (Å²) >= 11 is 12.4. The maximum Gasteiger partial charge on any atom is 0.352 e. The molecule has 0 atom stereocenters. The van der Waals surface area contributed by atoms with E-state index in [2.05, 4.69) is 10.4 Å². The first-order chi connectivity index (χ1) is 14.9. The van der Waals surface area contributed by atoms with Gasteiger partial charge in [0, 0.05) is 39.0 Å². The summed E-state index contributed by atoms with van der Waals surface area (Å²) in [6.45, 7) is 0.249. The Bertz CT molecular complexity index is 1420. The molecule has 4 aromatic rings. The molecule has 0 bridgehead atoms. The molecule has 8 heteroatoms. The summed E-state index contributed by atoms with van der Waals surface area (Å²) in [7, 11) is 0. The first-order valence-corrected chi connectivity index (χ1v) is 10.2. The lowest BCUT2D eigenvalue weighted by Crippen LogP contribution is -2.34. The maximum absolute atomic E-state index is 13.2. The van der Waals surface area contributed by atoms with Gasteiger partial charge in [-0.15, -0.1) is 0 Å². The Hall–Kier alpha value is -3.32. The van der Waals surface area contributed by atoms with Crippen molar-refractivity contribution in [2.24, 2.45) is 0 Å². The number of carbonyl (C=O) groups is 2. The second-order valence-electron chi connectivity index (χ2n) is 7.17. The smallest absolute Gasteiger partial charge is 0.352 e. The lowest BCUT2D eigenvalue weighted by atomic mass is 10.1. The third kappa shape index (κ3) is 3.25. The van der Waals surface area contributed by atoms with Gasteiger partial charge in [0.1, 0.15) is 5.69 Å². The zero-order valence-electron chi connectivity index (χ0n) is 15.9. The second-order valence-corrected chi connectivity index (χ2v) is 8.02. The van der Waals surface area contributed by atoms with E-state index in [0.717, 1.165) is 16.5 Å². The van der Waals surface area contributed by atoms with Crippen LogP contribution in [0, 0.1) is 0 Å². The Labute approximate surface area is 186 Å². The number of fused-ring (bicyclic) bond motifs is 2. The number of aromatic carboxylic acids is 1. The van der Waals surface area contributed by atoms with E-state index in [-0.39, 0.29) is 18.1 Å². The Kier molecular flexibility index (Phi) is 4.70. The largest absolute Gasteiger partial charge is 0.477 e. The van der Waals surface area contributed by atoms with Gasteiger partial charge in [-0.05, 0) is 29.7 Å². The topological polar surface area (TPSA) is 85.4 Å². The van der Waals surface area contributed by atoms with E-state index in [1.807, 2.05) is 42.5 Å². The number of benzene rings is 3. The van der Waals surface area contributed by atoms with Crippen LogP contribution < -0.4 is 10.4 Å². The third-order valence-corrected chi connectivity index (χ3v) is 5.82. The molecule has 154 valence electrons. The molecule has 1 fully saturated rings. The highest BCUT2D eigenvalue weighted by Crippen LogP contribution is 2.35. The van der Waals surface area contributed by atoms with Crippen LogP contribution in [0.1, 0.15) is 16.1 Å². The summed E-state index contributed by atoms with van der Waals surface area (Å²) in [4.78, 5) is 27.9. The van der Waals surface area contributed by atoms with Gasteiger partial charge in [-0.2, -0.15) is 0 Å². The fourth-order valence-electron chi connectivity index (χ4n) is 3.93. The molecule has 3 N–H and O–H groups in total. The molecule has 0 spiro atoms. The lowest BCUT2D eigenvalue weighted by molar-refractivity contribution is -0.114. The average Bonchev–Trinajstić information content (AvgIpc) is 3.29. The van der Waals surface area contributed by atoms with E-state index in [9.17, 15) is 14.7 Å². The second kappa shape index (κ2) is 7.42. The molecule has 0 unspecified atom stereocenters. The molecule has 1 saturated heterocycles. The molecule has 5 rings (SSSR count). The first kappa shape index (κ1) is 19.6. The number of carboxylic acid groups (broad SMARTS) is 1. The summed E-state index contributed by atoms with van der Waals surface area (Å²) < 4.78 is 0. The summed E-state index contributed by atoms with van der Waals surface area (Å²) in [5.41, 5.74) is 5.03. The summed E-state index contributed by atoms with van der Waals surface area (Å²) in [6, 6.07) is 16.7. The van der Waals surface area contributed by atoms with Crippen LogP contribution in [0.4, 0.5) is 5.69 Å². The minimum Gasteiger partial charge on any atom is -0.477 e. The molecule has 6 nitrogen and oxygen atoms in total. The number of aromatic amines is 1. The Balaban J connectivity index is 1.62. The molecule has 1 aliphatic heterocycles. The van der Waals surface area contributed by atoms with Gasteiger partial charge in [-0.3, -0.25) is 4.79 Å². The number of carboxylic acids is 1. The van der Waals surface area contributed by atoms with Crippen LogP contribution in [0.5, 0.6) is 0 Å². The number of rotatable bonds is 3. The van der Waals surface area contributed by atoms with Crippen LogP contribution >= 0.6 is 23.2 Å².